The zero-order chi connectivity index (χ0) is 14.4. The summed E-state index contributed by atoms with van der Waals surface area (Å²) in [5.74, 6) is 0. The van der Waals surface area contributed by atoms with Crippen LogP contribution in [-0.2, 0) is 9.47 Å². The second-order valence-electron chi connectivity index (χ2n) is 4.59. The lowest BCUT2D eigenvalue weighted by Crippen LogP contribution is -2.38. The van der Waals surface area contributed by atoms with E-state index in [4.69, 9.17) is 9.47 Å². The molecule has 2 N–H and O–H groups in total. The van der Waals surface area contributed by atoms with Crippen LogP contribution < -0.4 is 5.32 Å². The van der Waals surface area contributed by atoms with Gasteiger partial charge in [0.1, 0.15) is 0 Å². The molecule has 1 fully saturated rings. The number of nitro groups is 1. The molecule has 0 aromatic heterocycles. The molecular weight excluding hydrogens is 264 g/mol. The van der Waals surface area contributed by atoms with Crippen molar-refractivity contribution in [1.29, 1.82) is 0 Å². The van der Waals surface area contributed by atoms with Gasteiger partial charge in [-0.25, -0.2) is 0 Å². The number of aliphatic hydroxyl groups is 1. The van der Waals surface area contributed by atoms with E-state index in [2.05, 4.69) is 5.32 Å². The van der Waals surface area contributed by atoms with E-state index in [1.807, 2.05) is 0 Å². The van der Waals surface area contributed by atoms with E-state index in [0.29, 0.717) is 38.5 Å². The van der Waals surface area contributed by atoms with Crippen molar-refractivity contribution in [2.24, 2.45) is 0 Å². The molecule has 2 rings (SSSR count). The number of aliphatic hydroxyl groups excluding tert-OH is 1. The first-order valence-electron chi connectivity index (χ1n) is 6.49. The lowest BCUT2D eigenvalue weighted by molar-refractivity contribution is -0.384. The molecule has 7 nitrogen and oxygen atoms in total. The van der Waals surface area contributed by atoms with Crippen LogP contribution in [0, 0.1) is 10.1 Å². The number of ether oxygens (including phenoxy) is 2. The van der Waals surface area contributed by atoms with E-state index in [9.17, 15) is 15.2 Å². The van der Waals surface area contributed by atoms with E-state index in [-0.39, 0.29) is 11.8 Å². The monoisotopic (exact) mass is 282 g/mol. The lowest BCUT2D eigenvalue weighted by Gasteiger charge is -2.23. The summed E-state index contributed by atoms with van der Waals surface area (Å²) in [6.07, 6.45) is -0.701. The topological polar surface area (TPSA) is 93.9 Å². The third-order valence-electron chi connectivity index (χ3n) is 3.08. The number of non-ortho nitro benzene ring substituents is 1. The van der Waals surface area contributed by atoms with Crippen LogP contribution in [0.25, 0.3) is 0 Å². The molecule has 0 aliphatic carbocycles. The minimum Gasteiger partial charge on any atom is -0.387 e. The van der Waals surface area contributed by atoms with Gasteiger partial charge in [-0.2, -0.15) is 0 Å². The van der Waals surface area contributed by atoms with Gasteiger partial charge in [0.2, 0.25) is 0 Å². The molecule has 110 valence electrons. The molecule has 1 heterocycles. The van der Waals surface area contributed by atoms with Gasteiger partial charge in [-0.05, 0) is 17.7 Å². The Morgan fingerprint density at radius 1 is 1.40 bits per heavy atom. The number of nitro benzene ring substituents is 1. The van der Waals surface area contributed by atoms with Crippen molar-refractivity contribution in [3.63, 3.8) is 0 Å². The van der Waals surface area contributed by atoms with Gasteiger partial charge < -0.3 is 19.9 Å². The Morgan fingerprint density at radius 3 is 2.75 bits per heavy atom. The minimum atomic E-state index is -0.708. The van der Waals surface area contributed by atoms with Crippen molar-refractivity contribution < 1.29 is 19.5 Å². The van der Waals surface area contributed by atoms with Gasteiger partial charge in [0.25, 0.3) is 5.69 Å². The normalized spacial score (nSPS) is 20.6. The van der Waals surface area contributed by atoms with E-state index >= 15 is 0 Å². The summed E-state index contributed by atoms with van der Waals surface area (Å²) in [5, 5.41) is 23.6. The van der Waals surface area contributed by atoms with Gasteiger partial charge in [0.05, 0.1) is 37.0 Å². The summed E-state index contributed by atoms with van der Waals surface area (Å²) in [7, 11) is 0. The number of nitrogens with one attached hydrogen (secondary N) is 1. The van der Waals surface area contributed by atoms with Crippen LogP contribution in [0.2, 0.25) is 0 Å². The Bertz CT molecular complexity index is 431. The predicted molar refractivity (Wildman–Crippen MR) is 71.5 cm³/mol. The number of rotatable bonds is 6. The summed E-state index contributed by atoms with van der Waals surface area (Å²) in [6, 6.07) is 5.89. The number of hydrogen-bond donors (Lipinski definition) is 2. The van der Waals surface area contributed by atoms with E-state index in [0.717, 1.165) is 0 Å². The van der Waals surface area contributed by atoms with Crippen molar-refractivity contribution in [2.45, 2.75) is 12.2 Å². The Hall–Kier alpha value is -1.54. The quantitative estimate of drug-likeness (QED) is 0.587. The smallest absolute Gasteiger partial charge is 0.269 e. The highest BCUT2D eigenvalue weighted by Gasteiger charge is 2.15. The summed E-state index contributed by atoms with van der Waals surface area (Å²) >= 11 is 0. The van der Waals surface area contributed by atoms with E-state index in [1.165, 1.54) is 12.1 Å². The van der Waals surface area contributed by atoms with Crippen molar-refractivity contribution in [3.8, 4) is 0 Å². The maximum Gasteiger partial charge on any atom is 0.269 e. The zero-order valence-electron chi connectivity index (χ0n) is 11.0. The number of hydrogen-bond acceptors (Lipinski definition) is 6. The Balaban J connectivity index is 1.76. The number of benzene rings is 1. The lowest BCUT2D eigenvalue weighted by atomic mass is 10.1. The van der Waals surface area contributed by atoms with Crippen molar-refractivity contribution in [3.05, 3.63) is 39.9 Å². The van der Waals surface area contributed by atoms with Crippen LogP contribution in [0.1, 0.15) is 11.7 Å². The molecule has 1 saturated heterocycles. The summed E-state index contributed by atoms with van der Waals surface area (Å²) < 4.78 is 10.7. The molecule has 0 spiro atoms. The predicted octanol–water partition coefficient (Wildman–Crippen LogP) is 0.633. The molecule has 20 heavy (non-hydrogen) atoms. The largest absolute Gasteiger partial charge is 0.387 e. The molecule has 0 bridgehead atoms. The molecule has 1 aliphatic heterocycles. The molecule has 1 aliphatic rings. The highest BCUT2D eigenvalue weighted by Crippen LogP contribution is 2.17. The Labute approximate surface area is 116 Å². The van der Waals surface area contributed by atoms with Gasteiger partial charge in [-0.1, -0.05) is 0 Å². The SMILES string of the molecule is O=[N+]([O-])c1ccc(C(O)CNCC2COCCO2)cc1. The Morgan fingerprint density at radius 2 is 2.15 bits per heavy atom. The molecule has 0 radical (unpaired) electrons. The van der Waals surface area contributed by atoms with Crippen LogP contribution in [0.5, 0.6) is 0 Å². The third kappa shape index (κ3) is 4.24. The fourth-order valence-electron chi connectivity index (χ4n) is 1.97. The second kappa shape index (κ2) is 7.30. The summed E-state index contributed by atoms with van der Waals surface area (Å²) in [5.41, 5.74) is 0.658. The van der Waals surface area contributed by atoms with Crippen LogP contribution in [0.3, 0.4) is 0 Å². The molecule has 7 heteroatoms. The highest BCUT2D eigenvalue weighted by molar-refractivity contribution is 5.33. The van der Waals surface area contributed by atoms with Crippen LogP contribution >= 0.6 is 0 Å². The van der Waals surface area contributed by atoms with Gasteiger partial charge >= 0.3 is 0 Å². The molecule has 0 amide bonds. The van der Waals surface area contributed by atoms with Crippen LogP contribution in [0.4, 0.5) is 5.69 Å². The van der Waals surface area contributed by atoms with Crippen molar-refractivity contribution >= 4 is 5.69 Å². The van der Waals surface area contributed by atoms with Gasteiger partial charge in [0.15, 0.2) is 0 Å². The summed E-state index contributed by atoms with van der Waals surface area (Å²) in [6.45, 7) is 2.74. The molecular formula is C13H18N2O5. The molecule has 1 aromatic carbocycles. The van der Waals surface area contributed by atoms with Crippen LogP contribution in [0.15, 0.2) is 24.3 Å². The molecule has 2 atom stereocenters. The average Bonchev–Trinajstić information content (AvgIpc) is 2.48. The van der Waals surface area contributed by atoms with Gasteiger partial charge in [0, 0.05) is 25.2 Å². The molecule has 1 aromatic rings. The highest BCUT2D eigenvalue weighted by atomic mass is 16.6. The summed E-state index contributed by atoms with van der Waals surface area (Å²) in [4.78, 5) is 10.1. The fourth-order valence-corrected chi connectivity index (χ4v) is 1.97. The molecule has 2 unspecified atom stereocenters. The maximum atomic E-state index is 10.5. The first kappa shape index (κ1) is 14.9. The van der Waals surface area contributed by atoms with E-state index < -0.39 is 11.0 Å². The minimum absolute atomic E-state index is 0.00723. The molecule has 0 saturated carbocycles. The first-order chi connectivity index (χ1) is 9.66. The van der Waals surface area contributed by atoms with E-state index in [1.54, 1.807) is 12.1 Å². The fraction of sp³-hybridized carbons (Fsp3) is 0.538. The maximum absolute atomic E-state index is 10.5. The number of nitrogens with zero attached hydrogens (tertiary/aromatic N) is 1. The van der Waals surface area contributed by atoms with Gasteiger partial charge in [-0.3, -0.25) is 10.1 Å². The standard InChI is InChI=1S/C13H18N2O5/c16-13(8-14-7-12-9-19-5-6-20-12)10-1-3-11(4-2-10)15(17)18/h1-4,12-14,16H,5-9H2. The van der Waals surface area contributed by atoms with Crippen molar-refractivity contribution in [1.82, 2.24) is 5.32 Å². The average molecular weight is 282 g/mol. The van der Waals surface area contributed by atoms with Crippen molar-refractivity contribution in [2.75, 3.05) is 32.9 Å². The van der Waals surface area contributed by atoms with Crippen LogP contribution in [-0.4, -0.2) is 49.0 Å². The Kier molecular flexibility index (Phi) is 5.42. The zero-order valence-corrected chi connectivity index (χ0v) is 11.0. The first-order valence-corrected chi connectivity index (χ1v) is 6.49. The second-order valence-corrected chi connectivity index (χ2v) is 4.59. The third-order valence-corrected chi connectivity index (χ3v) is 3.08. The van der Waals surface area contributed by atoms with Gasteiger partial charge in [-0.15, -0.1) is 0 Å².